The van der Waals surface area contributed by atoms with E-state index in [1.807, 2.05) is 4.90 Å². The molecule has 1 saturated heterocycles. The summed E-state index contributed by atoms with van der Waals surface area (Å²) in [6.45, 7) is 4.16. The average molecular weight is 426 g/mol. The molecular formula is C20H25F2N3O3S. The highest BCUT2D eigenvalue weighted by Crippen LogP contribution is 2.16. The van der Waals surface area contributed by atoms with Crippen LogP contribution in [-0.2, 0) is 16.6 Å². The lowest BCUT2D eigenvalue weighted by molar-refractivity contribution is 0.0628. The van der Waals surface area contributed by atoms with Gasteiger partial charge in [-0.05, 0) is 48.9 Å². The Morgan fingerprint density at radius 1 is 1.03 bits per heavy atom. The van der Waals surface area contributed by atoms with E-state index in [2.05, 4.69) is 4.72 Å². The normalized spacial score (nSPS) is 15.3. The van der Waals surface area contributed by atoms with E-state index in [-0.39, 0.29) is 13.1 Å². The van der Waals surface area contributed by atoms with Crippen LogP contribution in [0.2, 0.25) is 0 Å². The predicted molar refractivity (Wildman–Crippen MR) is 109 cm³/mol. The molecule has 1 fully saturated rings. The van der Waals surface area contributed by atoms with Gasteiger partial charge in [-0.25, -0.2) is 17.2 Å². The Balaban J connectivity index is 0.00000320. The Labute approximate surface area is 170 Å². The van der Waals surface area contributed by atoms with Gasteiger partial charge in [-0.3, -0.25) is 14.4 Å². The van der Waals surface area contributed by atoms with E-state index >= 15 is 0 Å². The summed E-state index contributed by atoms with van der Waals surface area (Å²) in [7, 11) is -3.36. The molecule has 1 aliphatic rings. The first-order chi connectivity index (χ1) is 13.8. The number of piperazine rings is 1. The molecule has 3 rings (SSSR count). The molecule has 158 valence electrons. The molecule has 0 aliphatic carbocycles. The van der Waals surface area contributed by atoms with Crippen LogP contribution in [0.15, 0.2) is 42.5 Å². The molecule has 2 aromatic rings. The quantitative estimate of drug-likeness (QED) is 0.773. The summed E-state index contributed by atoms with van der Waals surface area (Å²) in [4.78, 5) is 16.4. The predicted octanol–water partition coefficient (Wildman–Crippen LogP) is 2.93. The Morgan fingerprint density at radius 3 is 2.17 bits per heavy atom. The van der Waals surface area contributed by atoms with E-state index < -0.39 is 21.7 Å². The number of halogens is 2. The zero-order valence-electron chi connectivity index (χ0n) is 16.1. The summed E-state index contributed by atoms with van der Waals surface area (Å²) < 4.78 is 52.3. The molecule has 0 atom stereocenters. The van der Waals surface area contributed by atoms with Crippen LogP contribution >= 0.6 is 0 Å². The maximum atomic E-state index is 13.3. The molecule has 0 bridgehead atoms. The van der Waals surface area contributed by atoms with Gasteiger partial charge in [0.15, 0.2) is 0 Å². The van der Waals surface area contributed by atoms with Gasteiger partial charge in [-0.1, -0.05) is 0 Å². The van der Waals surface area contributed by atoms with Crippen LogP contribution in [-0.4, -0.2) is 56.1 Å². The minimum atomic E-state index is -3.36. The molecule has 0 spiro atoms. The van der Waals surface area contributed by atoms with Crippen molar-refractivity contribution in [3.05, 3.63) is 65.2 Å². The van der Waals surface area contributed by atoms with Crippen LogP contribution in [0.4, 0.5) is 14.5 Å². The highest BCUT2D eigenvalue weighted by Gasteiger charge is 2.22. The molecule has 9 heteroatoms. The summed E-state index contributed by atoms with van der Waals surface area (Å²) in [5, 5.41) is 0. The SMILES string of the molecule is CCS(=O)(=O)Nc1ccc(C(=O)N2CCN(Cc3cc(F)cc(F)c3)CC2)cc1.[HH]. The molecule has 2 aromatic carbocycles. The number of amides is 1. The van der Waals surface area contributed by atoms with Crippen molar-refractivity contribution >= 4 is 21.6 Å². The number of carbonyl (C=O) groups excluding carboxylic acids is 1. The first-order valence-electron chi connectivity index (χ1n) is 9.33. The van der Waals surface area contributed by atoms with Crippen molar-refractivity contribution in [1.29, 1.82) is 0 Å². The first-order valence-corrected chi connectivity index (χ1v) is 11.0. The maximum absolute atomic E-state index is 13.3. The van der Waals surface area contributed by atoms with Crippen molar-refractivity contribution in [2.24, 2.45) is 0 Å². The van der Waals surface area contributed by atoms with Gasteiger partial charge < -0.3 is 4.90 Å². The smallest absolute Gasteiger partial charge is 0.253 e. The fourth-order valence-electron chi connectivity index (χ4n) is 3.18. The van der Waals surface area contributed by atoms with Gasteiger partial charge in [0.05, 0.1) is 5.75 Å². The molecule has 0 aromatic heterocycles. The molecule has 0 saturated carbocycles. The summed E-state index contributed by atoms with van der Waals surface area (Å²) in [6, 6.07) is 9.79. The van der Waals surface area contributed by atoms with Crippen molar-refractivity contribution < 1.29 is 23.4 Å². The van der Waals surface area contributed by atoms with Crippen molar-refractivity contribution in [3.8, 4) is 0 Å². The number of nitrogens with one attached hydrogen (secondary N) is 1. The molecule has 0 unspecified atom stereocenters. The lowest BCUT2D eigenvalue weighted by Gasteiger charge is -2.34. The summed E-state index contributed by atoms with van der Waals surface area (Å²) >= 11 is 0. The van der Waals surface area contributed by atoms with E-state index in [1.165, 1.54) is 12.1 Å². The Bertz CT molecular complexity index is 959. The largest absolute Gasteiger partial charge is 0.336 e. The molecule has 6 nitrogen and oxygen atoms in total. The fourth-order valence-corrected chi connectivity index (χ4v) is 3.82. The fraction of sp³-hybridized carbons (Fsp3) is 0.350. The van der Waals surface area contributed by atoms with Gasteiger partial charge in [-0.15, -0.1) is 0 Å². The average Bonchev–Trinajstić information content (AvgIpc) is 2.67. The molecule has 1 heterocycles. The first kappa shape index (κ1) is 21.2. The molecule has 1 aliphatic heterocycles. The van der Waals surface area contributed by atoms with Crippen LogP contribution < -0.4 is 4.72 Å². The minimum Gasteiger partial charge on any atom is -0.336 e. The Morgan fingerprint density at radius 2 is 1.62 bits per heavy atom. The van der Waals surface area contributed by atoms with Crippen LogP contribution in [0.5, 0.6) is 0 Å². The Hall–Kier alpha value is -2.52. The number of carbonyl (C=O) groups is 1. The van der Waals surface area contributed by atoms with Crippen LogP contribution in [0, 0.1) is 11.6 Å². The second-order valence-corrected chi connectivity index (χ2v) is 8.94. The van der Waals surface area contributed by atoms with Crippen molar-refractivity contribution in [2.75, 3.05) is 36.7 Å². The monoisotopic (exact) mass is 425 g/mol. The van der Waals surface area contributed by atoms with Crippen molar-refractivity contribution in [1.82, 2.24) is 9.80 Å². The Kier molecular flexibility index (Phi) is 6.49. The van der Waals surface area contributed by atoms with E-state index in [9.17, 15) is 22.0 Å². The number of rotatable bonds is 6. The molecule has 1 N–H and O–H groups in total. The zero-order valence-corrected chi connectivity index (χ0v) is 16.9. The number of anilines is 1. The second kappa shape index (κ2) is 8.87. The maximum Gasteiger partial charge on any atom is 0.253 e. The highest BCUT2D eigenvalue weighted by molar-refractivity contribution is 7.92. The van der Waals surface area contributed by atoms with Crippen molar-refractivity contribution in [3.63, 3.8) is 0 Å². The van der Waals surface area contributed by atoms with Crippen LogP contribution in [0.3, 0.4) is 0 Å². The molecule has 29 heavy (non-hydrogen) atoms. The van der Waals surface area contributed by atoms with E-state index in [0.29, 0.717) is 49.5 Å². The third-order valence-electron chi connectivity index (χ3n) is 4.77. The number of benzene rings is 2. The molecular weight excluding hydrogens is 400 g/mol. The summed E-state index contributed by atoms with van der Waals surface area (Å²) in [6.07, 6.45) is 0. The standard InChI is InChI=1S/C20H23F2N3O3S.H2/c1-2-29(27,28)23-19-5-3-16(4-6-19)20(26)25-9-7-24(8-10-25)14-15-11-17(21)13-18(22)12-15;/h3-6,11-13,23H,2,7-10,14H2,1H3;1H. The lowest BCUT2D eigenvalue weighted by atomic mass is 10.1. The van der Waals surface area contributed by atoms with Gasteiger partial charge in [0.1, 0.15) is 11.6 Å². The van der Waals surface area contributed by atoms with E-state index in [0.717, 1.165) is 6.07 Å². The number of hydrogen-bond acceptors (Lipinski definition) is 4. The molecule has 1 amide bonds. The van der Waals surface area contributed by atoms with E-state index in [1.54, 1.807) is 36.1 Å². The highest BCUT2D eigenvalue weighted by atomic mass is 32.2. The van der Waals surface area contributed by atoms with Gasteiger partial charge in [0.25, 0.3) is 5.91 Å². The van der Waals surface area contributed by atoms with E-state index in [4.69, 9.17) is 0 Å². The third kappa shape index (κ3) is 5.74. The number of hydrogen-bond donors (Lipinski definition) is 1. The van der Waals surface area contributed by atoms with Crippen molar-refractivity contribution in [2.45, 2.75) is 13.5 Å². The third-order valence-corrected chi connectivity index (χ3v) is 6.08. The second-order valence-electron chi connectivity index (χ2n) is 6.93. The van der Waals surface area contributed by atoms with Gasteiger partial charge >= 0.3 is 0 Å². The summed E-state index contributed by atoms with van der Waals surface area (Å²) in [5.41, 5.74) is 1.45. The number of nitrogens with zero attached hydrogens (tertiary/aromatic N) is 2. The minimum absolute atomic E-state index is 0. The van der Waals surface area contributed by atoms with Gasteiger partial charge in [0.2, 0.25) is 10.0 Å². The van der Waals surface area contributed by atoms with Gasteiger partial charge in [-0.2, -0.15) is 0 Å². The van der Waals surface area contributed by atoms with Crippen LogP contribution in [0.25, 0.3) is 0 Å². The molecule has 0 radical (unpaired) electrons. The van der Waals surface area contributed by atoms with Gasteiger partial charge in [0, 0.05) is 51.5 Å². The topological polar surface area (TPSA) is 69.7 Å². The zero-order chi connectivity index (χ0) is 21.0. The number of sulfonamides is 1. The lowest BCUT2D eigenvalue weighted by Crippen LogP contribution is -2.48. The summed E-state index contributed by atoms with van der Waals surface area (Å²) in [5.74, 6) is -1.36. The van der Waals surface area contributed by atoms with Crippen LogP contribution in [0.1, 0.15) is 24.3 Å².